The SMILES string of the molecule is CC[C@H](CO)[C@@H](O)CO. The van der Waals surface area contributed by atoms with E-state index in [4.69, 9.17) is 15.3 Å². The van der Waals surface area contributed by atoms with Crippen molar-refractivity contribution >= 4 is 0 Å². The lowest BCUT2D eigenvalue weighted by atomic mass is 10.0. The average molecular weight is 134 g/mol. The van der Waals surface area contributed by atoms with Crippen molar-refractivity contribution in [3.8, 4) is 0 Å². The number of hydrogen-bond donors (Lipinski definition) is 3. The van der Waals surface area contributed by atoms with Crippen LogP contribution in [0.5, 0.6) is 0 Å². The zero-order valence-corrected chi connectivity index (χ0v) is 5.62. The molecule has 9 heavy (non-hydrogen) atoms. The van der Waals surface area contributed by atoms with Gasteiger partial charge in [-0.15, -0.1) is 0 Å². The van der Waals surface area contributed by atoms with E-state index in [0.717, 1.165) is 0 Å². The third kappa shape index (κ3) is 2.79. The topological polar surface area (TPSA) is 60.7 Å². The van der Waals surface area contributed by atoms with Crippen LogP contribution in [-0.4, -0.2) is 34.6 Å². The molecule has 0 bridgehead atoms. The van der Waals surface area contributed by atoms with Gasteiger partial charge in [0.05, 0.1) is 12.7 Å². The fraction of sp³-hybridized carbons (Fsp3) is 1.00. The predicted octanol–water partition coefficient (Wildman–Crippen LogP) is -0.642. The molecule has 0 unspecified atom stereocenters. The molecule has 0 heterocycles. The molecule has 3 N–H and O–H groups in total. The van der Waals surface area contributed by atoms with Crippen molar-refractivity contribution < 1.29 is 15.3 Å². The first-order chi connectivity index (χ1) is 4.26. The minimum Gasteiger partial charge on any atom is -0.396 e. The van der Waals surface area contributed by atoms with E-state index in [2.05, 4.69) is 0 Å². The molecule has 0 saturated carbocycles. The van der Waals surface area contributed by atoms with Crippen molar-refractivity contribution in [1.82, 2.24) is 0 Å². The molecule has 0 amide bonds. The molecule has 3 heteroatoms. The number of aliphatic hydroxyl groups excluding tert-OH is 3. The van der Waals surface area contributed by atoms with Crippen LogP contribution in [0.3, 0.4) is 0 Å². The van der Waals surface area contributed by atoms with Crippen molar-refractivity contribution in [3.63, 3.8) is 0 Å². The lowest BCUT2D eigenvalue weighted by Gasteiger charge is -2.15. The molecule has 0 aliphatic rings. The highest BCUT2D eigenvalue weighted by atomic mass is 16.3. The summed E-state index contributed by atoms with van der Waals surface area (Å²) in [7, 11) is 0. The normalized spacial score (nSPS) is 17.3. The summed E-state index contributed by atoms with van der Waals surface area (Å²) in [4.78, 5) is 0. The summed E-state index contributed by atoms with van der Waals surface area (Å²) in [5, 5.41) is 25.9. The second-order valence-corrected chi connectivity index (χ2v) is 2.10. The predicted molar refractivity (Wildman–Crippen MR) is 34.0 cm³/mol. The zero-order chi connectivity index (χ0) is 7.28. The third-order valence-corrected chi connectivity index (χ3v) is 1.49. The van der Waals surface area contributed by atoms with Gasteiger partial charge in [0.2, 0.25) is 0 Å². The van der Waals surface area contributed by atoms with E-state index in [1.807, 2.05) is 6.92 Å². The minimum atomic E-state index is -0.764. The Bertz CT molecular complexity index is 61.3. The summed E-state index contributed by atoms with van der Waals surface area (Å²) in [5.74, 6) is -0.171. The van der Waals surface area contributed by atoms with Crippen molar-refractivity contribution in [2.45, 2.75) is 19.4 Å². The Balaban J connectivity index is 3.50. The van der Waals surface area contributed by atoms with Gasteiger partial charge in [-0.05, 0) is 6.42 Å². The van der Waals surface area contributed by atoms with Gasteiger partial charge in [-0.3, -0.25) is 0 Å². The molecule has 0 aliphatic carbocycles. The molecule has 2 atom stereocenters. The van der Waals surface area contributed by atoms with Crippen LogP contribution in [0.2, 0.25) is 0 Å². The van der Waals surface area contributed by atoms with Gasteiger partial charge in [0.25, 0.3) is 0 Å². The Labute approximate surface area is 54.9 Å². The van der Waals surface area contributed by atoms with E-state index in [-0.39, 0.29) is 19.1 Å². The van der Waals surface area contributed by atoms with Gasteiger partial charge in [-0.25, -0.2) is 0 Å². The second kappa shape index (κ2) is 4.73. The first-order valence-electron chi connectivity index (χ1n) is 3.16. The molecular weight excluding hydrogens is 120 g/mol. The molecular formula is C6H14O3. The van der Waals surface area contributed by atoms with E-state index in [1.54, 1.807) is 0 Å². The fourth-order valence-electron chi connectivity index (χ4n) is 0.672. The van der Waals surface area contributed by atoms with Crippen LogP contribution in [0.25, 0.3) is 0 Å². The van der Waals surface area contributed by atoms with Crippen LogP contribution in [0.1, 0.15) is 13.3 Å². The molecule has 0 aromatic heterocycles. The Hall–Kier alpha value is -0.120. The summed E-state index contributed by atoms with van der Waals surface area (Å²) < 4.78 is 0. The summed E-state index contributed by atoms with van der Waals surface area (Å²) >= 11 is 0. The lowest BCUT2D eigenvalue weighted by Crippen LogP contribution is -2.26. The zero-order valence-electron chi connectivity index (χ0n) is 5.62. The highest BCUT2D eigenvalue weighted by Crippen LogP contribution is 2.06. The largest absolute Gasteiger partial charge is 0.396 e. The van der Waals surface area contributed by atoms with Crippen LogP contribution >= 0.6 is 0 Å². The van der Waals surface area contributed by atoms with Crippen LogP contribution in [0.4, 0.5) is 0 Å². The van der Waals surface area contributed by atoms with Gasteiger partial charge in [0.15, 0.2) is 0 Å². The maximum atomic E-state index is 8.91. The highest BCUT2D eigenvalue weighted by Gasteiger charge is 2.14. The van der Waals surface area contributed by atoms with Crippen LogP contribution in [-0.2, 0) is 0 Å². The maximum Gasteiger partial charge on any atom is 0.0820 e. The van der Waals surface area contributed by atoms with Crippen molar-refractivity contribution in [2.75, 3.05) is 13.2 Å². The highest BCUT2D eigenvalue weighted by molar-refractivity contribution is 4.64. The van der Waals surface area contributed by atoms with Gasteiger partial charge in [0.1, 0.15) is 0 Å². The smallest absolute Gasteiger partial charge is 0.0820 e. The Morgan fingerprint density at radius 3 is 1.89 bits per heavy atom. The standard InChI is InChI=1S/C6H14O3/c1-2-5(3-7)6(9)4-8/h5-9H,2-4H2,1H3/t5-,6+/m1/s1. The quantitative estimate of drug-likeness (QED) is 0.479. The fourth-order valence-corrected chi connectivity index (χ4v) is 0.672. The van der Waals surface area contributed by atoms with Gasteiger partial charge < -0.3 is 15.3 Å². The molecule has 0 radical (unpaired) electrons. The van der Waals surface area contributed by atoms with Gasteiger partial charge in [-0.2, -0.15) is 0 Å². The first-order valence-corrected chi connectivity index (χ1v) is 3.16. The van der Waals surface area contributed by atoms with Gasteiger partial charge >= 0.3 is 0 Å². The van der Waals surface area contributed by atoms with E-state index in [9.17, 15) is 0 Å². The summed E-state index contributed by atoms with van der Waals surface area (Å²) in [6.45, 7) is 1.54. The summed E-state index contributed by atoms with van der Waals surface area (Å²) in [5.41, 5.74) is 0. The van der Waals surface area contributed by atoms with Crippen LogP contribution < -0.4 is 0 Å². The number of hydrogen-bond acceptors (Lipinski definition) is 3. The first kappa shape index (κ1) is 8.88. The van der Waals surface area contributed by atoms with Gasteiger partial charge in [-0.1, -0.05) is 6.92 Å². The third-order valence-electron chi connectivity index (χ3n) is 1.49. The molecule has 0 aromatic rings. The van der Waals surface area contributed by atoms with Crippen LogP contribution in [0, 0.1) is 5.92 Å². The molecule has 56 valence electrons. The Morgan fingerprint density at radius 1 is 1.22 bits per heavy atom. The Morgan fingerprint density at radius 2 is 1.78 bits per heavy atom. The van der Waals surface area contributed by atoms with E-state index >= 15 is 0 Å². The molecule has 3 nitrogen and oxygen atoms in total. The summed E-state index contributed by atoms with van der Waals surface area (Å²) in [6.07, 6.45) is -0.0712. The average Bonchev–Trinajstić information content (AvgIpc) is 1.90. The molecule has 0 fully saturated rings. The summed E-state index contributed by atoms with van der Waals surface area (Å²) in [6, 6.07) is 0. The monoisotopic (exact) mass is 134 g/mol. The van der Waals surface area contributed by atoms with E-state index in [1.165, 1.54) is 0 Å². The van der Waals surface area contributed by atoms with Crippen LogP contribution in [0.15, 0.2) is 0 Å². The molecule has 0 spiro atoms. The molecule has 0 aliphatic heterocycles. The number of rotatable bonds is 4. The van der Waals surface area contributed by atoms with Crippen molar-refractivity contribution in [3.05, 3.63) is 0 Å². The second-order valence-electron chi connectivity index (χ2n) is 2.10. The van der Waals surface area contributed by atoms with Crippen molar-refractivity contribution in [1.29, 1.82) is 0 Å². The Kier molecular flexibility index (Phi) is 4.67. The lowest BCUT2D eigenvalue weighted by molar-refractivity contribution is 0.0212. The molecule has 0 aromatic carbocycles. The van der Waals surface area contributed by atoms with Crippen molar-refractivity contribution in [2.24, 2.45) is 5.92 Å². The molecule has 0 saturated heterocycles. The maximum absolute atomic E-state index is 8.91. The minimum absolute atomic E-state index is 0.0573. The molecule has 0 rings (SSSR count). The van der Waals surface area contributed by atoms with Gasteiger partial charge in [0, 0.05) is 12.5 Å². The number of aliphatic hydroxyl groups is 3. The van der Waals surface area contributed by atoms with E-state index in [0.29, 0.717) is 6.42 Å². The van der Waals surface area contributed by atoms with E-state index < -0.39 is 6.10 Å².